The van der Waals surface area contributed by atoms with Crippen LogP contribution in [0.4, 0.5) is 0 Å². The van der Waals surface area contributed by atoms with Crippen LogP contribution in [-0.4, -0.2) is 69.6 Å². The van der Waals surface area contributed by atoms with Crippen molar-refractivity contribution >= 4 is 0 Å². The average Bonchev–Trinajstić information content (AvgIpc) is 2.48. The van der Waals surface area contributed by atoms with E-state index in [1.54, 1.807) is 0 Å². The first-order valence-corrected chi connectivity index (χ1v) is 9.66. The van der Waals surface area contributed by atoms with Crippen molar-refractivity contribution in [1.82, 2.24) is 10.6 Å². The molecule has 0 fully saturated rings. The quantitative estimate of drug-likeness (QED) is 0.325. The first-order chi connectivity index (χ1) is 11.7. The van der Waals surface area contributed by atoms with Crippen LogP contribution in [0.5, 0.6) is 0 Å². The first-order valence-electron chi connectivity index (χ1n) is 9.66. The Kier molecular flexibility index (Phi) is 14.7. The Labute approximate surface area is 155 Å². The summed E-state index contributed by atoms with van der Waals surface area (Å²) in [4.78, 5) is 0. The van der Waals surface area contributed by atoms with Crippen LogP contribution >= 0.6 is 0 Å². The Morgan fingerprint density at radius 3 is 1.20 bits per heavy atom. The van der Waals surface area contributed by atoms with E-state index in [-0.39, 0.29) is 36.6 Å². The van der Waals surface area contributed by atoms with E-state index in [0.717, 1.165) is 13.1 Å². The van der Waals surface area contributed by atoms with E-state index in [2.05, 4.69) is 10.6 Å². The maximum absolute atomic E-state index is 5.89. The molecule has 0 aliphatic carbocycles. The molecular formula is C19H42N2O4. The fourth-order valence-corrected chi connectivity index (χ4v) is 2.22. The van der Waals surface area contributed by atoms with Crippen LogP contribution in [0.1, 0.15) is 55.4 Å². The fraction of sp³-hybridized carbons (Fsp3) is 1.00. The third kappa shape index (κ3) is 17.0. The molecule has 6 heteroatoms. The van der Waals surface area contributed by atoms with E-state index in [0.29, 0.717) is 19.9 Å². The van der Waals surface area contributed by atoms with Gasteiger partial charge in [0, 0.05) is 19.8 Å². The van der Waals surface area contributed by atoms with Gasteiger partial charge in [-0.2, -0.15) is 0 Å². The second-order valence-electron chi connectivity index (χ2n) is 7.46. The molecule has 0 radical (unpaired) electrons. The number of rotatable bonds is 16. The van der Waals surface area contributed by atoms with Crippen molar-refractivity contribution in [3.8, 4) is 0 Å². The third-order valence-corrected chi connectivity index (χ3v) is 3.15. The van der Waals surface area contributed by atoms with Crippen molar-refractivity contribution < 1.29 is 18.9 Å². The molecule has 0 spiro atoms. The molecular weight excluding hydrogens is 320 g/mol. The Bertz CT molecular complexity index is 271. The van der Waals surface area contributed by atoms with Gasteiger partial charge in [0.2, 0.25) is 0 Å². The molecule has 0 aromatic heterocycles. The van der Waals surface area contributed by atoms with Crippen molar-refractivity contribution in [1.29, 1.82) is 0 Å². The van der Waals surface area contributed by atoms with Crippen molar-refractivity contribution in [2.45, 2.75) is 92.0 Å². The Balaban J connectivity index is 4.05. The van der Waals surface area contributed by atoms with Crippen LogP contribution in [0.25, 0.3) is 0 Å². The molecule has 0 aromatic carbocycles. The lowest BCUT2D eigenvalue weighted by Gasteiger charge is -2.24. The second kappa shape index (κ2) is 14.9. The highest BCUT2D eigenvalue weighted by molar-refractivity contribution is 4.66. The minimum absolute atomic E-state index is 0.0520. The monoisotopic (exact) mass is 362 g/mol. The molecule has 0 amide bonds. The van der Waals surface area contributed by atoms with Crippen LogP contribution in [-0.2, 0) is 18.9 Å². The zero-order valence-electron chi connectivity index (χ0n) is 17.6. The van der Waals surface area contributed by atoms with Gasteiger partial charge in [-0.3, -0.25) is 0 Å². The van der Waals surface area contributed by atoms with Crippen LogP contribution in [0.15, 0.2) is 0 Å². The molecule has 0 heterocycles. The maximum atomic E-state index is 5.89. The summed E-state index contributed by atoms with van der Waals surface area (Å²) in [5.74, 6) is 0. The Morgan fingerprint density at radius 1 is 0.560 bits per heavy atom. The Morgan fingerprint density at radius 2 is 0.920 bits per heavy atom. The lowest BCUT2D eigenvalue weighted by atomic mass is 10.3. The number of ether oxygens (including phenoxy) is 4. The normalized spacial score (nSPS) is 14.9. The highest BCUT2D eigenvalue weighted by Crippen LogP contribution is 2.02. The molecule has 0 saturated heterocycles. The molecule has 2 N–H and O–H groups in total. The summed E-state index contributed by atoms with van der Waals surface area (Å²) in [7, 11) is 0. The summed E-state index contributed by atoms with van der Waals surface area (Å²) in [6.07, 6.45) is 0.907. The van der Waals surface area contributed by atoms with Gasteiger partial charge in [-0.25, -0.2) is 0 Å². The lowest BCUT2D eigenvalue weighted by Crippen LogP contribution is -2.42. The zero-order chi connectivity index (χ0) is 19.2. The highest BCUT2D eigenvalue weighted by atomic mass is 16.5. The smallest absolute Gasteiger partial charge is 0.0936 e. The summed E-state index contributed by atoms with van der Waals surface area (Å²) in [6, 6.07) is 0. The van der Waals surface area contributed by atoms with Crippen LogP contribution in [0, 0.1) is 0 Å². The third-order valence-electron chi connectivity index (χ3n) is 3.15. The SMILES string of the molecule is CC(C)OCC(CNCNCC(COC(C)C)OC(C)C)OC(C)C. The standard InChI is InChI=1S/C19H42N2O4/c1-14(2)22-11-18(24-16(5)6)9-20-13-21-10-19(25-17(7)8)12-23-15(3)4/h14-21H,9-13H2,1-8H3. The largest absolute Gasteiger partial charge is 0.376 e. The van der Waals surface area contributed by atoms with Gasteiger partial charge < -0.3 is 29.6 Å². The van der Waals surface area contributed by atoms with Gasteiger partial charge in [0.15, 0.2) is 0 Å². The van der Waals surface area contributed by atoms with Crippen molar-refractivity contribution in [3.05, 3.63) is 0 Å². The number of hydrogen-bond acceptors (Lipinski definition) is 6. The number of nitrogens with one attached hydrogen (secondary N) is 2. The average molecular weight is 363 g/mol. The molecule has 152 valence electrons. The molecule has 25 heavy (non-hydrogen) atoms. The minimum atomic E-state index is 0.0520. The van der Waals surface area contributed by atoms with Crippen molar-refractivity contribution in [3.63, 3.8) is 0 Å². The Hall–Kier alpha value is -0.240. The molecule has 0 aromatic rings. The minimum Gasteiger partial charge on any atom is -0.376 e. The summed E-state index contributed by atoms with van der Waals surface area (Å²) in [5, 5.41) is 6.75. The molecule has 0 rings (SSSR count). The van der Waals surface area contributed by atoms with Crippen LogP contribution in [0.3, 0.4) is 0 Å². The molecule has 0 aliphatic rings. The van der Waals surface area contributed by atoms with Gasteiger partial charge in [-0.15, -0.1) is 0 Å². The maximum Gasteiger partial charge on any atom is 0.0936 e. The lowest BCUT2D eigenvalue weighted by molar-refractivity contribution is -0.0598. The van der Waals surface area contributed by atoms with E-state index < -0.39 is 0 Å². The fourth-order valence-electron chi connectivity index (χ4n) is 2.22. The summed E-state index contributed by atoms with van der Waals surface area (Å²) < 4.78 is 23.1. The van der Waals surface area contributed by atoms with Gasteiger partial charge >= 0.3 is 0 Å². The molecule has 0 bridgehead atoms. The van der Waals surface area contributed by atoms with E-state index >= 15 is 0 Å². The van der Waals surface area contributed by atoms with Crippen molar-refractivity contribution in [2.24, 2.45) is 0 Å². The van der Waals surface area contributed by atoms with E-state index in [1.807, 2.05) is 55.4 Å². The summed E-state index contributed by atoms with van der Waals surface area (Å²) >= 11 is 0. The van der Waals surface area contributed by atoms with Crippen LogP contribution < -0.4 is 10.6 Å². The van der Waals surface area contributed by atoms with Crippen LogP contribution in [0.2, 0.25) is 0 Å². The predicted octanol–water partition coefficient (Wildman–Crippen LogP) is 2.56. The molecule has 0 aliphatic heterocycles. The molecule has 0 saturated carbocycles. The molecule has 2 atom stereocenters. The topological polar surface area (TPSA) is 61.0 Å². The molecule has 2 unspecified atom stereocenters. The predicted molar refractivity (Wildman–Crippen MR) is 103 cm³/mol. The number of hydrogen-bond donors (Lipinski definition) is 2. The van der Waals surface area contributed by atoms with Gasteiger partial charge in [-0.1, -0.05) is 0 Å². The van der Waals surface area contributed by atoms with Gasteiger partial charge in [0.25, 0.3) is 0 Å². The first kappa shape index (κ1) is 24.8. The highest BCUT2D eigenvalue weighted by Gasteiger charge is 2.14. The van der Waals surface area contributed by atoms with Gasteiger partial charge in [0.1, 0.15) is 0 Å². The van der Waals surface area contributed by atoms with E-state index in [4.69, 9.17) is 18.9 Å². The van der Waals surface area contributed by atoms with E-state index in [1.165, 1.54) is 0 Å². The molecule has 6 nitrogen and oxygen atoms in total. The van der Waals surface area contributed by atoms with Crippen molar-refractivity contribution in [2.75, 3.05) is 33.0 Å². The van der Waals surface area contributed by atoms with E-state index in [9.17, 15) is 0 Å². The summed E-state index contributed by atoms with van der Waals surface area (Å²) in [6.45, 7) is 19.7. The summed E-state index contributed by atoms with van der Waals surface area (Å²) in [5.41, 5.74) is 0. The zero-order valence-corrected chi connectivity index (χ0v) is 17.6. The second-order valence-corrected chi connectivity index (χ2v) is 7.46. The van der Waals surface area contributed by atoms with Gasteiger partial charge in [-0.05, 0) is 55.4 Å². The van der Waals surface area contributed by atoms with Gasteiger partial charge in [0.05, 0.1) is 49.8 Å².